The molecule has 0 aliphatic carbocycles. The van der Waals surface area contributed by atoms with Gasteiger partial charge in [0, 0.05) is 5.02 Å². The van der Waals surface area contributed by atoms with Crippen LogP contribution in [0.5, 0.6) is 5.75 Å². The van der Waals surface area contributed by atoms with Crippen molar-refractivity contribution in [2.45, 2.75) is 12.3 Å². The SMILES string of the molecule is O=C(O)CC(F)(F)c1cc(Cl)ccc1O. The largest absolute Gasteiger partial charge is 0.507 e. The molecule has 0 heterocycles. The molecule has 82 valence electrons. The molecule has 0 atom stereocenters. The van der Waals surface area contributed by atoms with Crippen LogP contribution in [0.2, 0.25) is 5.02 Å². The first kappa shape index (κ1) is 11.7. The number of aromatic hydroxyl groups is 1. The van der Waals surface area contributed by atoms with Crippen molar-refractivity contribution in [3.8, 4) is 5.75 Å². The zero-order valence-electron chi connectivity index (χ0n) is 7.38. The average molecular weight is 237 g/mol. The van der Waals surface area contributed by atoms with Gasteiger partial charge in [-0.25, -0.2) is 8.78 Å². The molecule has 0 aromatic heterocycles. The summed E-state index contributed by atoms with van der Waals surface area (Å²) in [7, 11) is 0. The molecule has 1 aromatic rings. The highest BCUT2D eigenvalue weighted by molar-refractivity contribution is 6.30. The van der Waals surface area contributed by atoms with Crippen LogP contribution < -0.4 is 0 Å². The molecule has 0 amide bonds. The van der Waals surface area contributed by atoms with Crippen molar-refractivity contribution < 1.29 is 23.8 Å². The normalized spacial score (nSPS) is 11.4. The summed E-state index contributed by atoms with van der Waals surface area (Å²) >= 11 is 5.47. The molecule has 15 heavy (non-hydrogen) atoms. The Morgan fingerprint density at radius 3 is 2.60 bits per heavy atom. The predicted molar refractivity (Wildman–Crippen MR) is 49.3 cm³/mol. The lowest BCUT2D eigenvalue weighted by Gasteiger charge is -2.15. The van der Waals surface area contributed by atoms with Gasteiger partial charge in [0.05, 0.1) is 5.56 Å². The highest BCUT2D eigenvalue weighted by Crippen LogP contribution is 2.38. The first-order valence-corrected chi connectivity index (χ1v) is 4.29. The van der Waals surface area contributed by atoms with Crippen LogP contribution in [-0.2, 0) is 10.7 Å². The van der Waals surface area contributed by atoms with Crippen LogP contribution in [0.4, 0.5) is 8.78 Å². The Kier molecular flexibility index (Phi) is 3.14. The van der Waals surface area contributed by atoms with Gasteiger partial charge in [0.25, 0.3) is 5.92 Å². The van der Waals surface area contributed by atoms with Gasteiger partial charge in [0.15, 0.2) is 0 Å². The van der Waals surface area contributed by atoms with Crippen molar-refractivity contribution in [2.24, 2.45) is 0 Å². The molecule has 2 N–H and O–H groups in total. The van der Waals surface area contributed by atoms with E-state index in [1.807, 2.05) is 0 Å². The van der Waals surface area contributed by atoms with Crippen LogP contribution in [0.25, 0.3) is 0 Å². The second-order valence-electron chi connectivity index (χ2n) is 2.94. The molecule has 6 heteroatoms. The summed E-state index contributed by atoms with van der Waals surface area (Å²) in [4.78, 5) is 10.2. The van der Waals surface area contributed by atoms with Gasteiger partial charge in [-0.2, -0.15) is 0 Å². The highest BCUT2D eigenvalue weighted by atomic mass is 35.5. The van der Waals surface area contributed by atoms with E-state index in [1.165, 1.54) is 6.07 Å². The van der Waals surface area contributed by atoms with Crippen molar-refractivity contribution in [1.29, 1.82) is 0 Å². The molecule has 0 aliphatic heterocycles. The Morgan fingerprint density at radius 2 is 2.07 bits per heavy atom. The van der Waals surface area contributed by atoms with E-state index in [0.717, 1.165) is 12.1 Å². The zero-order chi connectivity index (χ0) is 11.6. The molecule has 0 saturated carbocycles. The third kappa shape index (κ3) is 2.79. The van der Waals surface area contributed by atoms with Gasteiger partial charge in [0.1, 0.15) is 12.2 Å². The van der Waals surface area contributed by atoms with Crippen LogP contribution in [0.3, 0.4) is 0 Å². The maximum absolute atomic E-state index is 13.2. The molecule has 0 unspecified atom stereocenters. The molecular formula is C9H7ClF2O3. The van der Waals surface area contributed by atoms with Gasteiger partial charge < -0.3 is 10.2 Å². The van der Waals surface area contributed by atoms with Gasteiger partial charge in [0.2, 0.25) is 0 Å². The zero-order valence-corrected chi connectivity index (χ0v) is 8.13. The van der Waals surface area contributed by atoms with Crippen molar-refractivity contribution >= 4 is 17.6 Å². The van der Waals surface area contributed by atoms with Crippen molar-refractivity contribution in [1.82, 2.24) is 0 Å². The third-order valence-electron chi connectivity index (χ3n) is 1.73. The fourth-order valence-corrected chi connectivity index (χ4v) is 1.26. The summed E-state index contributed by atoms with van der Waals surface area (Å²) in [6.45, 7) is 0. The number of carboxylic acids is 1. The standard InChI is InChI=1S/C9H7ClF2O3/c10-5-1-2-7(13)6(3-5)9(11,12)4-8(14)15/h1-3,13H,4H2,(H,14,15). The van der Waals surface area contributed by atoms with Crippen molar-refractivity contribution in [2.75, 3.05) is 0 Å². The maximum atomic E-state index is 13.2. The summed E-state index contributed by atoms with van der Waals surface area (Å²) < 4.78 is 26.5. The molecule has 3 nitrogen and oxygen atoms in total. The molecule has 0 radical (unpaired) electrons. The molecule has 0 spiro atoms. The molecular weight excluding hydrogens is 230 g/mol. The first-order valence-electron chi connectivity index (χ1n) is 3.91. The molecule has 1 aromatic carbocycles. The second kappa shape index (κ2) is 4.02. The predicted octanol–water partition coefficient (Wildman–Crippen LogP) is 2.61. The Morgan fingerprint density at radius 1 is 1.47 bits per heavy atom. The maximum Gasteiger partial charge on any atom is 0.309 e. The Hall–Kier alpha value is -1.36. The number of phenols is 1. The Balaban J connectivity index is 3.13. The number of hydrogen-bond acceptors (Lipinski definition) is 2. The third-order valence-corrected chi connectivity index (χ3v) is 1.96. The monoisotopic (exact) mass is 236 g/mol. The Labute approximate surface area is 88.9 Å². The van der Waals surface area contributed by atoms with E-state index in [0.29, 0.717) is 0 Å². The van der Waals surface area contributed by atoms with E-state index in [4.69, 9.17) is 21.8 Å². The van der Waals surface area contributed by atoms with Crippen LogP contribution in [0.1, 0.15) is 12.0 Å². The summed E-state index contributed by atoms with van der Waals surface area (Å²) in [5, 5.41) is 17.4. The summed E-state index contributed by atoms with van der Waals surface area (Å²) in [5.74, 6) is -5.97. The lowest BCUT2D eigenvalue weighted by molar-refractivity contribution is -0.145. The lowest BCUT2D eigenvalue weighted by Crippen LogP contribution is -2.18. The second-order valence-corrected chi connectivity index (χ2v) is 3.37. The minimum Gasteiger partial charge on any atom is -0.507 e. The number of rotatable bonds is 3. The highest BCUT2D eigenvalue weighted by Gasteiger charge is 2.37. The summed E-state index contributed by atoms with van der Waals surface area (Å²) in [5.41, 5.74) is -0.780. The Bertz CT molecular complexity index is 393. The van der Waals surface area contributed by atoms with Gasteiger partial charge in [-0.3, -0.25) is 4.79 Å². The van der Waals surface area contributed by atoms with Crippen LogP contribution in [0, 0.1) is 0 Å². The van der Waals surface area contributed by atoms with Gasteiger partial charge in [-0.15, -0.1) is 0 Å². The minimum absolute atomic E-state index is 0.00728. The smallest absolute Gasteiger partial charge is 0.309 e. The van der Waals surface area contributed by atoms with E-state index in [9.17, 15) is 13.6 Å². The van der Waals surface area contributed by atoms with Gasteiger partial charge in [-0.05, 0) is 18.2 Å². The van der Waals surface area contributed by atoms with Gasteiger partial charge >= 0.3 is 5.97 Å². The lowest BCUT2D eigenvalue weighted by atomic mass is 10.0. The topological polar surface area (TPSA) is 57.5 Å². The summed E-state index contributed by atoms with van der Waals surface area (Å²) in [6, 6.07) is 3.07. The van der Waals surface area contributed by atoms with Crippen LogP contribution >= 0.6 is 11.6 Å². The van der Waals surface area contributed by atoms with Crippen molar-refractivity contribution in [3.05, 3.63) is 28.8 Å². The molecule has 0 saturated heterocycles. The summed E-state index contributed by atoms with van der Waals surface area (Å²) in [6.07, 6.45) is -1.39. The van der Waals surface area contributed by atoms with E-state index >= 15 is 0 Å². The number of phenolic OH excluding ortho intramolecular Hbond substituents is 1. The van der Waals surface area contributed by atoms with E-state index in [1.54, 1.807) is 0 Å². The number of halogens is 3. The minimum atomic E-state index is -3.64. The quantitative estimate of drug-likeness (QED) is 0.848. The van der Waals surface area contributed by atoms with E-state index in [2.05, 4.69) is 0 Å². The number of carboxylic acid groups (broad SMARTS) is 1. The molecule has 0 bridgehead atoms. The first-order chi connectivity index (χ1) is 6.83. The number of aliphatic carboxylic acids is 1. The van der Waals surface area contributed by atoms with Crippen LogP contribution in [0.15, 0.2) is 18.2 Å². The number of benzene rings is 1. The number of carbonyl (C=O) groups is 1. The number of alkyl halides is 2. The molecule has 1 rings (SSSR count). The molecule has 0 aliphatic rings. The van der Waals surface area contributed by atoms with Crippen molar-refractivity contribution in [3.63, 3.8) is 0 Å². The number of hydrogen-bond donors (Lipinski definition) is 2. The molecule has 0 fully saturated rings. The fraction of sp³-hybridized carbons (Fsp3) is 0.222. The van der Waals surface area contributed by atoms with Gasteiger partial charge in [-0.1, -0.05) is 11.6 Å². The van der Waals surface area contributed by atoms with E-state index in [-0.39, 0.29) is 5.02 Å². The van der Waals surface area contributed by atoms with E-state index < -0.39 is 29.6 Å². The van der Waals surface area contributed by atoms with Crippen LogP contribution in [-0.4, -0.2) is 16.2 Å². The fourth-order valence-electron chi connectivity index (χ4n) is 1.09. The average Bonchev–Trinajstić information content (AvgIpc) is 2.06.